The van der Waals surface area contributed by atoms with Gasteiger partial charge in [0.05, 0.1) is 11.3 Å². The number of carbonyl (C=O) groups excluding carboxylic acids is 2. The number of pyridine rings is 1. The molecule has 29 heavy (non-hydrogen) atoms. The lowest BCUT2D eigenvalue weighted by Gasteiger charge is -2.32. The summed E-state index contributed by atoms with van der Waals surface area (Å²) >= 11 is 0. The largest absolute Gasteiger partial charge is 0.348 e. The van der Waals surface area contributed by atoms with Crippen LogP contribution >= 0.6 is 0 Å². The molecule has 1 fully saturated rings. The number of aryl methyl sites for hydroxylation is 2. The first-order chi connectivity index (χ1) is 14.0. The Balaban J connectivity index is 1.68. The van der Waals surface area contributed by atoms with Gasteiger partial charge in [0.1, 0.15) is 0 Å². The maximum atomic E-state index is 12.9. The van der Waals surface area contributed by atoms with Crippen molar-refractivity contribution in [3.8, 4) is 0 Å². The molecule has 0 bridgehead atoms. The van der Waals surface area contributed by atoms with Crippen molar-refractivity contribution in [1.82, 2.24) is 20.5 Å². The van der Waals surface area contributed by atoms with E-state index in [9.17, 15) is 9.59 Å². The van der Waals surface area contributed by atoms with Crippen LogP contribution in [-0.4, -0.2) is 41.5 Å². The molecule has 1 aliphatic heterocycles. The first-order valence-electron chi connectivity index (χ1n) is 10.3. The number of urea groups is 1. The summed E-state index contributed by atoms with van der Waals surface area (Å²) < 4.78 is 0. The minimum absolute atomic E-state index is 0.0146. The fourth-order valence-corrected chi connectivity index (χ4v) is 3.68. The van der Waals surface area contributed by atoms with Crippen LogP contribution in [0.5, 0.6) is 0 Å². The van der Waals surface area contributed by atoms with Gasteiger partial charge in [-0.2, -0.15) is 0 Å². The molecule has 2 aromatic rings. The van der Waals surface area contributed by atoms with Crippen LogP contribution in [0.2, 0.25) is 0 Å². The Morgan fingerprint density at radius 3 is 2.38 bits per heavy atom. The molecular formula is C23H30N4O2. The molecule has 0 saturated carbocycles. The van der Waals surface area contributed by atoms with Crippen molar-refractivity contribution in [3.63, 3.8) is 0 Å². The Bertz CT molecular complexity index is 856. The maximum Gasteiger partial charge on any atom is 0.317 e. The molecule has 0 radical (unpaired) electrons. The van der Waals surface area contributed by atoms with Gasteiger partial charge in [0, 0.05) is 37.8 Å². The molecule has 0 spiro atoms. The highest BCUT2D eigenvalue weighted by atomic mass is 16.2. The number of likely N-dealkylation sites (tertiary alicyclic amines) is 1. The number of hydrogen-bond donors (Lipinski definition) is 2. The highest BCUT2D eigenvalue weighted by Gasteiger charge is 2.27. The number of rotatable bonds is 5. The lowest BCUT2D eigenvalue weighted by molar-refractivity contribution is 0.0948. The molecule has 6 heteroatoms. The van der Waals surface area contributed by atoms with Crippen molar-refractivity contribution < 1.29 is 9.59 Å². The van der Waals surface area contributed by atoms with E-state index in [0.717, 1.165) is 29.8 Å². The molecule has 1 saturated heterocycles. The summed E-state index contributed by atoms with van der Waals surface area (Å²) in [5.74, 6) is 0.0833. The van der Waals surface area contributed by atoms with Gasteiger partial charge in [0.15, 0.2) is 0 Å². The number of benzene rings is 1. The van der Waals surface area contributed by atoms with Crippen molar-refractivity contribution in [1.29, 1.82) is 0 Å². The van der Waals surface area contributed by atoms with Gasteiger partial charge in [-0.3, -0.25) is 9.78 Å². The summed E-state index contributed by atoms with van der Waals surface area (Å²) in [4.78, 5) is 31.5. The number of amides is 3. The van der Waals surface area contributed by atoms with Crippen molar-refractivity contribution in [2.45, 2.75) is 46.1 Å². The van der Waals surface area contributed by atoms with Gasteiger partial charge in [-0.25, -0.2) is 4.79 Å². The molecule has 1 aliphatic rings. The van der Waals surface area contributed by atoms with Gasteiger partial charge in [-0.05, 0) is 51.3 Å². The second-order valence-corrected chi connectivity index (χ2v) is 7.65. The summed E-state index contributed by atoms with van der Waals surface area (Å²) in [6.07, 6.45) is 1.62. The third-order valence-corrected chi connectivity index (χ3v) is 5.38. The quantitative estimate of drug-likeness (QED) is 0.815. The van der Waals surface area contributed by atoms with Crippen molar-refractivity contribution in [2.24, 2.45) is 0 Å². The fraction of sp³-hybridized carbons (Fsp3) is 0.435. The SMILES string of the molecule is CCNC(=O)N1CCC(c2nc(C)ccc2C(=O)NCc2ccc(C)cc2)CC1. The Hall–Kier alpha value is -2.89. The molecule has 2 heterocycles. The average molecular weight is 395 g/mol. The van der Waals surface area contributed by atoms with E-state index >= 15 is 0 Å². The zero-order valence-corrected chi connectivity index (χ0v) is 17.5. The van der Waals surface area contributed by atoms with Crippen LogP contribution in [0.1, 0.15) is 58.6 Å². The molecule has 0 unspecified atom stereocenters. The van der Waals surface area contributed by atoms with E-state index in [1.54, 1.807) is 0 Å². The summed E-state index contributed by atoms with van der Waals surface area (Å²) in [5.41, 5.74) is 4.66. The summed E-state index contributed by atoms with van der Waals surface area (Å²) in [5, 5.41) is 5.88. The normalized spacial score (nSPS) is 14.5. The van der Waals surface area contributed by atoms with E-state index < -0.39 is 0 Å². The molecule has 6 nitrogen and oxygen atoms in total. The maximum absolute atomic E-state index is 12.9. The zero-order chi connectivity index (χ0) is 20.8. The summed E-state index contributed by atoms with van der Waals surface area (Å²) in [6, 6.07) is 11.9. The van der Waals surface area contributed by atoms with Gasteiger partial charge in [0.2, 0.25) is 0 Å². The molecule has 1 aromatic heterocycles. The van der Waals surface area contributed by atoms with E-state index in [-0.39, 0.29) is 17.9 Å². The van der Waals surface area contributed by atoms with Crippen LogP contribution in [-0.2, 0) is 6.54 Å². The first-order valence-corrected chi connectivity index (χ1v) is 10.3. The average Bonchev–Trinajstić information content (AvgIpc) is 2.73. The van der Waals surface area contributed by atoms with Gasteiger partial charge in [0.25, 0.3) is 5.91 Å². The van der Waals surface area contributed by atoms with Gasteiger partial charge in [-0.15, -0.1) is 0 Å². The minimum Gasteiger partial charge on any atom is -0.348 e. The van der Waals surface area contributed by atoms with E-state index in [1.165, 1.54) is 5.56 Å². The van der Waals surface area contributed by atoms with Crippen LogP contribution in [0.3, 0.4) is 0 Å². The van der Waals surface area contributed by atoms with Crippen molar-refractivity contribution >= 4 is 11.9 Å². The van der Waals surface area contributed by atoms with Gasteiger partial charge in [-0.1, -0.05) is 29.8 Å². The van der Waals surface area contributed by atoms with Crippen LogP contribution in [0.4, 0.5) is 4.79 Å². The zero-order valence-electron chi connectivity index (χ0n) is 17.5. The number of nitrogens with one attached hydrogen (secondary N) is 2. The lowest BCUT2D eigenvalue weighted by atomic mass is 9.90. The van der Waals surface area contributed by atoms with Crippen LogP contribution in [0, 0.1) is 13.8 Å². The van der Waals surface area contributed by atoms with Crippen LogP contribution < -0.4 is 10.6 Å². The number of nitrogens with zero attached hydrogens (tertiary/aromatic N) is 2. The Labute approximate surface area is 172 Å². The van der Waals surface area contributed by atoms with Crippen LogP contribution in [0.15, 0.2) is 36.4 Å². The minimum atomic E-state index is -0.0979. The summed E-state index contributed by atoms with van der Waals surface area (Å²) in [7, 11) is 0. The molecule has 0 atom stereocenters. The Kier molecular flexibility index (Phi) is 6.86. The predicted molar refractivity (Wildman–Crippen MR) is 114 cm³/mol. The standard InChI is InChI=1S/C23H30N4O2/c1-4-24-23(29)27-13-11-19(12-14-27)21-20(10-7-17(3)26-21)22(28)25-15-18-8-5-16(2)6-9-18/h5-10,19H,4,11-15H2,1-3H3,(H,24,29)(H,25,28). The molecular weight excluding hydrogens is 364 g/mol. The second-order valence-electron chi connectivity index (χ2n) is 7.65. The highest BCUT2D eigenvalue weighted by Crippen LogP contribution is 2.29. The molecule has 2 N–H and O–H groups in total. The number of carbonyl (C=O) groups is 2. The topological polar surface area (TPSA) is 74.3 Å². The third-order valence-electron chi connectivity index (χ3n) is 5.38. The number of hydrogen-bond acceptors (Lipinski definition) is 3. The smallest absolute Gasteiger partial charge is 0.317 e. The fourth-order valence-electron chi connectivity index (χ4n) is 3.68. The number of aromatic nitrogens is 1. The molecule has 1 aromatic carbocycles. The van der Waals surface area contributed by atoms with E-state index in [2.05, 4.69) is 10.6 Å². The molecule has 154 valence electrons. The Morgan fingerprint density at radius 1 is 1.03 bits per heavy atom. The summed E-state index contributed by atoms with van der Waals surface area (Å²) in [6.45, 7) is 8.38. The predicted octanol–water partition coefficient (Wildman–Crippen LogP) is 3.54. The lowest BCUT2D eigenvalue weighted by Crippen LogP contribution is -2.44. The van der Waals surface area contributed by atoms with Crippen molar-refractivity contribution in [2.75, 3.05) is 19.6 Å². The molecule has 0 aliphatic carbocycles. The number of piperidine rings is 1. The molecule has 3 rings (SSSR count). The second kappa shape index (κ2) is 9.54. The Morgan fingerprint density at radius 2 is 1.72 bits per heavy atom. The van der Waals surface area contributed by atoms with E-state index in [4.69, 9.17) is 4.98 Å². The van der Waals surface area contributed by atoms with E-state index in [1.807, 2.05) is 62.1 Å². The van der Waals surface area contributed by atoms with Crippen LogP contribution in [0.25, 0.3) is 0 Å². The first kappa shape index (κ1) is 20.8. The molecule has 3 amide bonds. The van der Waals surface area contributed by atoms with Gasteiger partial charge < -0.3 is 15.5 Å². The van der Waals surface area contributed by atoms with Gasteiger partial charge >= 0.3 is 6.03 Å². The van der Waals surface area contributed by atoms with Crippen molar-refractivity contribution in [3.05, 3.63) is 64.5 Å². The third kappa shape index (κ3) is 5.34. The highest BCUT2D eigenvalue weighted by molar-refractivity contribution is 5.95. The van der Waals surface area contributed by atoms with E-state index in [0.29, 0.717) is 31.7 Å². The monoisotopic (exact) mass is 394 g/mol.